The van der Waals surface area contributed by atoms with E-state index in [1.165, 1.54) is 18.1 Å². The zero-order valence-corrected chi connectivity index (χ0v) is 20.8. The molecule has 1 aromatic heterocycles. The summed E-state index contributed by atoms with van der Waals surface area (Å²) < 4.78 is 25.5. The number of methoxy groups -OCH3 is 1. The van der Waals surface area contributed by atoms with Gasteiger partial charge in [0, 0.05) is 37.4 Å². The molecule has 1 atom stereocenters. The predicted molar refractivity (Wildman–Crippen MR) is 129 cm³/mol. The minimum absolute atomic E-state index is 0.0520. The number of Topliss-reactive ketones (excluding diaryl/α,β-unsaturated/α-hetero) is 1. The molecule has 2 aromatic rings. The first-order valence-corrected chi connectivity index (χ1v) is 12.1. The molecule has 0 spiro atoms. The average molecular weight is 499 g/mol. The summed E-state index contributed by atoms with van der Waals surface area (Å²) in [6, 6.07) is 5.73. The molecule has 8 nitrogen and oxygen atoms in total. The van der Waals surface area contributed by atoms with Crippen LogP contribution >= 0.6 is 0 Å². The van der Waals surface area contributed by atoms with Gasteiger partial charge in [-0.3, -0.25) is 14.5 Å². The Morgan fingerprint density at radius 2 is 2.00 bits per heavy atom. The summed E-state index contributed by atoms with van der Waals surface area (Å²) in [6.07, 6.45) is 1.32. The van der Waals surface area contributed by atoms with Crippen LogP contribution in [0.25, 0.3) is 0 Å². The van der Waals surface area contributed by atoms with E-state index >= 15 is 4.39 Å². The molecule has 4 rings (SSSR count). The van der Waals surface area contributed by atoms with Crippen molar-refractivity contribution in [3.8, 4) is 5.88 Å². The zero-order valence-electron chi connectivity index (χ0n) is 20.8. The van der Waals surface area contributed by atoms with Gasteiger partial charge >= 0.3 is 12.1 Å². The van der Waals surface area contributed by atoms with Crippen molar-refractivity contribution in [1.29, 1.82) is 0 Å². The molecular formula is C27H31FN2O6. The molecular weight excluding hydrogens is 467 g/mol. The number of carbonyl (C=O) groups excluding carboxylic acids is 2. The van der Waals surface area contributed by atoms with Gasteiger partial charge in [0.25, 0.3) is 0 Å². The molecule has 9 heteroatoms. The van der Waals surface area contributed by atoms with Crippen molar-refractivity contribution in [3.05, 3.63) is 58.0 Å². The van der Waals surface area contributed by atoms with Crippen LogP contribution in [0.1, 0.15) is 67.1 Å². The lowest BCUT2D eigenvalue weighted by Crippen LogP contribution is -2.44. The Morgan fingerprint density at radius 1 is 1.22 bits per heavy atom. The van der Waals surface area contributed by atoms with E-state index in [9.17, 15) is 14.4 Å². The number of rotatable bonds is 8. The number of carboxylic acid groups (broad SMARTS) is 1. The Kier molecular flexibility index (Phi) is 7.28. The second-order valence-corrected chi connectivity index (χ2v) is 9.99. The van der Waals surface area contributed by atoms with Gasteiger partial charge in [-0.2, -0.15) is 0 Å². The van der Waals surface area contributed by atoms with Crippen LogP contribution in [0.15, 0.2) is 24.3 Å². The summed E-state index contributed by atoms with van der Waals surface area (Å²) in [5.74, 6) is -1.14. The Morgan fingerprint density at radius 3 is 2.72 bits per heavy atom. The third-order valence-corrected chi connectivity index (χ3v) is 6.99. The second-order valence-electron chi connectivity index (χ2n) is 9.99. The number of fused-ring (bicyclic) bond motifs is 2. The highest BCUT2D eigenvalue weighted by molar-refractivity contribution is 5.91. The number of nitrogens with zero attached hydrogens (tertiary/aromatic N) is 2. The zero-order chi connectivity index (χ0) is 26.0. The number of aryl methyl sites for hydroxylation is 1. The van der Waals surface area contributed by atoms with Crippen LogP contribution < -0.4 is 4.74 Å². The summed E-state index contributed by atoms with van der Waals surface area (Å²) in [6.45, 7) is 4.18. The van der Waals surface area contributed by atoms with E-state index in [1.807, 2.05) is 19.9 Å². The Balaban J connectivity index is 1.60. The number of carbonyl (C=O) groups is 3. The lowest BCUT2D eigenvalue weighted by molar-refractivity contribution is -0.137. The third kappa shape index (κ3) is 5.20. The molecule has 1 N–H and O–H groups in total. The van der Waals surface area contributed by atoms with Crippen LogP contribution in [-0.2, 0) is 39.0 Å². The molecule has 2 aliphatic rings. The number of aromatic nitrogens is 1. The maximum Gasteiger partial charge on any atom is 0.410 e. The summed E-state index contributed by atoms with van der Waals surface area (Å²) in [4.78, 5) is 43.1. The number of hydrogen-bond acceptors (Lipinski definition) is 6. The first-order valence-electron chi connectivity index (χ1n) is 12.1. The van der Waals surface area contributed by atoms with E-state index in [2.05, 4.69) is 4.98 Å². The van der Waals surface area contributed by atoms with Crippen LogP contribution in [0.2, 0.25) is 0 Å². The van der Waals surface area contributed by atoms with Crippen molar-refractivity contribution in [2.45, 2.75) is 63.8 Å². The standard InChI is InChI=1S/C27H31FN2O6/c1-27(2)10-8-17-13-16(14-19(28)24(17)27)15-21(31)25-18-6-7-22(35-3)29-20(18)9-11-30(25)26(34)36-12-4-5-23(32)33/h6-7,13-14,25H,4-5,8-12,15H2,1-3H3,(H,32,33)/t25-/m1/s1. The van der Waals surface area contributed by atoms with Crippen molar-refractivity contribution in [3.63, 3.8) is 0 Å². The van der Waals surface area contributed by atoms with E-state index in [0.29, 0.717) is 34.7 Å². The first kappa shape index (κ1) is 25.6. The van der Waals surface area contributed by atoms with Crippen LogP contribution in [0.5, 0.6) is 5.88 Å². The van der Waals surface area contributed by atoms with Crippen LogP contribution in [0.4, 0.5) is 9.18 Å². The maximum absolute atomic E-state index is 15.0. The Labute approximate surface area is 209 Å². The molecule has 0 bridgehead atoms. The third-order valence-electron chi connectivity index (χ3n) is 6.99. The van der Waals surface area contributed by atoms with Crippen LogP contribution in [-0.4, -0.2) is 53.1 Å². The van der Waals surface area contributed by atoms with E-state index in [1.54, 1.807) is 12.1 Å². The van der Waals surface area contributed by atoms with Gasteiger partial charge in [-0.25, -0.2) is 14.2 Å². The summed E-state index contributed by atoms with van der Waals surface area (Å²) >= 11 is 0. The quantitative estimate of drug-likeness (QED) is 0.545. The molecule has 36 heavy (non-hydrogen) atoms. The average Bonchev–Trinajstić information content (AvgIpc) is 3.14. The molecule has 1 amide bonds. The highest BCUT2D eigenvalue weighted by Gasteiger charge is 2.38. The van der Waals surface area contributed by atoms with Gasteiger partial charge in [-0.05, 0) is 53.5 Å². The van der Waals surface area contributed by atoms with E-state index in [0.717, 1.165) is 18.4 Å². The fourth-order valence-electron chi connectivity index (χ4n) is 5.24. The van der Waals surface area contributed by atoms with Gasteiger partial charge in [0.1, 0.15) is 11.9 Å². The predicted octanol–water partition coefficient (Wildman–Crippen LogP) is 4.17. The smallest absolute Gasteiger partial charge is 0.410 e. The number of ketones is 1. The van der Waals surface area contributed by atoms with Crippen molar-refractivity contribution in [1.82, 2.24) is 9.88 Å². The van der Waals surface area contributed by atoms with Crippen molar-refractivity contribution in [2.75, 3.05) is 20.3 Å². The van der Waals surface area contributed by atoms with Gasteiger partial charge in [-0.15, -0.1) is 0 Å². The van der Waals surface area contributed by atoms with Gasteiger partial charge in [0.05, 0.1) is 19.4 Å². The molecule has 192 valence electrons. The molecule has 2 heterocycles. The lowest BCUT2D eigenvalue weighted by atomic mass is 9.85. The van der Waals surface area contributed by atoms with Gasteiger partial charge in [0.2, 0.25) is 5.88 Å². The van der Waals surface area contributed by atoms with Crippen molar-refractivity contribution >= 4 is 17.8 Å². The fraction of sp³-hybridized carbons (Fsp3) is 0.481. The Bertz CT molecular complexity index is 1200. The number of benzene rings is 1. The molecule has 1 aliphatic heterocycles. The maximum atomic E-state index is 15.0. The van der Waals surface area contributed by atoms with Gasteiger partial charge < -0.3 is 14.6 Å². The lowest BCUT2D eigenvalue weighted by Gasteiger charge is -2.35. The highest BCUT2D eigenvalue weighted by atomic mass is 19.1. The van der Waals surface area contributed by atoms with Crippen molar-refractivity contribution in [2.24, 2.45) is 0 Å². The molecule has 0 fully saturated rings. The number of amides is 1. The second kappa shape index (κ2) is 10.2. The SMILES string of the molecule is COc1ccc2c(n1)CCN(C(=O)OCCCC(=O)O)[C@H]2C(=O)Cc1cc(F)c2c(c1)CCC2(C)C. The number of carboxylic acids is 1. The number of pyridine rings is 1. The number of aliphatic carboxylic acids is 1. The summed E-state index contributed by atoms with van der Waals surface area (Å²) in [5.41, 5.74) is 3.20. The molecule has 1 aliphatic carbocycles. The minimum Gasteiger partial charge on any atom is -0.481 e. The highest BCUT2D eigenvalue weighted by Crippen LogP contribution is 2.41. The van der Waals surface area contributed by atoms with E-state index < -0.39 is 18.1 Å². The largest absolute Gasteiger partial charge is 0.481 e. The first-order chi connectivity index (χ1) is 17.1. The minimum atomic E-state index is -0.976. The van der Waals surface area contributed by atoms with Gasteiger partial charge in [-0.1, -0.05) is 19.9 Å². The van der Waals surface area contributed by atoms with Crippen molar-refractivity contribution < 1.29 is 33.4 Å². The molecule has 0 saturated carbocycles. The van der Waals surface area contributed by atoms with E-state index in [4.69, 9.17) is 14.6 Å². The molecule has 0 saturated heterocycles. The molecule has 0 radical (unpaired) electrons. The van der Waals surface area contributed by atoms with Crippen LogP contribution in [0, 0.1) is 5.82 Å². The summed E-state index contributed by atoms with van der Waals surface area (Å²) in [7, 11) is 1.50. The number of ether oxygens (including phenoxy) is 2. The summed E-state index contributed by atoms with van der Waals surface area (Å²) in [5, 5.41) is 8.80. The number of hydrogen-bond donors (Lipinski definition) is 1. The topological polar surface area (TPSA) is 106 Å². The molecule has 1 aromatic carbocycles. The Hall–Kier alpha value is -3.49. The number of halogens is 1. The molecule has 0 unspecified atom stereocenters. The van der Waals surface area contributed by atoms with Crippen LogP contribution in [0.3, 0.4) is 0 Å². The monoisotopic (exact) mass is 498 g/mol. The normalized spacial score (nSPS) is 17.8. The van der Waals surface area contributed by atoms with E-state index in [-0.39, 0.29) is 49.4 Å². The fourth-order valence-corrected chi connectivity index (χ4v) is 5.24. The van der Waals surface area contributed by atoms with Gasteiger partial charge in [0.15, 0.2) is 5.78 Å².